The fourth-order valence-electron chi connectivity index (χ4n) is 2.86. The van der Waals surface area contributed by atoms with Gasteiger partial charge in [-0.3, -0.25) is 4.79 Å². The van der Waals surface area contributed by atoms with Gasteiger partial charge >= 0.3 is 0 Å². The monoisotopic (exact) mass is 335 g/mol. The van der Waals surface area contributed by atoms with Crippen LogP contribution in [0.4, 0.5) is 4.39 Å². The Morgan fingerprint density at radius 1 is 1.26 bits per heavy atom. The molecule has 5 nitrogen and oxygen atoms in total. The summed E-state index contributed by atoms with van der Waals surface area (Å²) in [7, 11) is 0. The van der Waals surface area contributed by atoms with Gasteiger partial charge in [-0.15, -0.1) is 0 Å². The van der Waals surface area contributed by atoms with Crippen molar-refractivity contribution in [3.63, 3.8) is 0 Å². The van der Waals surface area contributed by atoms with Gasteiger partial charge in [0.25, 0.3) is 5.91 Å². The van der Waals surface area contributed by atoms with Gasteiger partial charge in [-0.2, -0.15) is 5.10 Å². The molecule has 1 aromatic heterocycles. The summed E-state index contributed by atoms with van der Waals surface area (Å²) in [6.07, 6.45) is 1.83. The number of fused-ring (bicyclic) bond motifs is 1. The van der Waals surface area contributed by atoms with Crippen LogP contribution in [0.5, 0.6) is 5.88 Å². The lowest BCUT2D eigenvalue weighted by atomic mass is 10.0. The second kappa shape index (κ2) is 5.53. The zero-order valence-electron chi connectivity index (χ0n) is 12.4. The molecular weight excluding hydrogens is 321 g/mol. The summed E-state index contributed by atoms with van der Waals surface area (Å²) >= 11 is 5.77. The van der Waals surface area contributed by atoms with Crippen molar-refractivity contribution in [2.24, 2.45) is 0 Å². The molecule has 4 rings (SSSR count). The highest BCUT2D eigenvalue weighted by atomic mass is 35.5. The highest BCUT2D eigenvalue weighted by molar-refractivity contribution is 6.30. The van der Waals surface area contributed by atoms with E-state index in [2.05, 4.69) is 5.10 Å². The third-order valence-electron chi connectivity index (χ3n) is 4.21. The third kappa shape index (κ3) is 2.37. The summed E-state index contributed by atoms with van der Waals surface area (Å²) in [5.41, 5.74) is 1.43. The maximum absolute atomic E-state index is 13.9. The van der Waals surface area contributed by atoms with Crippen LogP contribution in [0, 0.1) is 5.82 Å². The molecule has 0 saturated carbocycles. The second-order valence-electron chi connectivity index (χ2n) is 5.73. The Labute approximate surface area is 137 Å². The number of amides is 1. The largest absolute Gasteiger partial charge is 0.477 e. The first kappa shape index (κ1) is 14.5. The Bertz CT molecular complexity index is 786. The first-order chi connectivity index (χ1) is 11.1. The topological polar surface area (TPSA) is 47.4 Å². The number of rotatable bonds is 2. The van der Waals surface area contributed by atoms with Crippen molar-refractivity contribution < 1.29 is 13.9 Å². The number of likely N-dealkylation sites (tertiary alicyclic amines) is 1. The van der Waals surface area contributed by atoms with Gasteiger partial charge in [-0.25, -0.2) is 9.07 Å². The number of aryl methyl sites for hydroxylation is 1. The Hall–Kier alpha value is -2.08. The Morgan fingerprint density at radius 3 is 2.78 bits per heavy atom. The molecule has 120 valence electrons. The first-order valence-electron chi connectivity index (χ1n) is 7.63. The normalized spacial score (nSPS) is 16.5. The molecule has 2 aliphatic rings. The minimum atomic E-state index is -0.526. The molecule has 1 fully saturated rings. The molecule has 23 heavy (non-hydrogen) atoms. The molecular formula is C16H15ClFN3O2. The van der Waals surface area contributed by atoms with Crippen molar-refractivity contribution in [2.45, 2.75) is 19.4 Å². The third-order valence-corrected chi connectivity index (χ3v) is 4.52. The standard InChI is InChI=1S/C16H15ClFN3O2/c17-11-4-3-10(9-12(11)18)13-14(15(22)20-5-1-6-20)19-21-7-2-8-23-16(13)21/h3-4,9H,1-2,5-8H2. The molecule has 0 atom stereocenters. The van der Waals surface area contributed by atoms with E-state index in [1.54, 1.807) is 15.6 Å². The zero-order chi connectivity index (χ0) is 16.0. The van der Waals surface area contributed by atoms with E-state index in [0.717, 1.165) is 25.9 Å². The van der Waals surface area contributed by atoms with Crippen LogP contribution in [-0.4, -0.2) is 40.3 Å². The average Bonchev–Trinajstić information content (AvgIpc) is 2.88. The summed E-state index contributed by atoms with van der Waals surface area (Å²) in [5, 5.41) is 4.47. The summed E-state index contributed by atoms with van der Waals surface area (Å²) in [6, 6.07) is 4.50. The minimum absolute atomic E-state index is 0.0475. The van der Waals surface area contributed by atoms with Gasteiger partial charge in [0.05, 0.1) is 17.2 Å². The van der Waals surface area contributed by atoms with Crippen LogP contribution in [0.1, 0.15) is 23.3 Å². The van der Waals surface area contributed by atoms with Crippen LogP contribution in [0.2, 0.25) is 5.02 Å². The summed E-state index contributed by atoms with van der Waals surface area (Å²) in [5.74, 6) is -0.128. The fraction of sp³-hybridized carbons (Fsp3) is 0.375. The number of ether oxygens (including phenoxy) is 1. The molecule has 1 aromatic carbocycles. The van der Waals surface area contributed by atoms with E-state index in [1.807, 2.05) is 0 Å². The first-order valence-corrected chi connectivity index (χ1v) is 8.01. The van der Waals surface area contributed by atoms with E-state index in [9.17, 15) is 9.18 Å². The lowest BCUT2D eigenvalue weighted by Gasteiger charge is -2.30. The van der Waals surface area contributed by atoms with E-state index in [0.29, 0.717) is 35.9 Å². The molecule has 0 radical (unpaired) electrons. The maximum Gasteiger partial charge on any atom is 0.275 e. The van der Waals surface area contributed by atoms with Crippen molar-refractivity contribution in [2.75, 3.05) is 19.7 Å². The van der Waals surface area contributed by atoms with Crippen LogP contribution >= 0.6 is 11.6 Å². The Balaban J connectivity index is 1.86. The molecule has 0 bridgehead atoms. The average molecular weight is 336 g/mol. The van der Waals surface area contributed by atoms with E-state index >= 15 is 0 Å². The molecule has 1 amide bonds. The maximum atomic E-state index is 13.9. The van der Waals surface area contributed by atoms with Crippen LogP contribution in [0.15, 0.2) is 18.2 Å². The van der Waals surface area contributed by atoms with Gasteiger partial charge in [0.1, 0.15) is 5.82 Å². The van der Waals surface area contributed by atoms with Crippen molar-refractivity contribution in [1.82, 2.24) is 14.7 Å². The Kier molecular flexibility index (Phi) is 3.49. The fourth-order valence-corrected chi connectivity index (χ4v) is 2.98. The van der Waals surface area contributed by atoms with E-state index in [4.69, 9.17) is 16.3 Å². The van der Waals surface area contributed by atoms with Crippen molar-refractivity contribution in [1.29, 1.82) is 0 Å². The van der Waals surface area contributed by atoms with Crippen molar-refractivity contribution in [3.05, 3.63) is 34.7 Å². The van der Waals surface area contributed by atoms with Crippen molar-refractivity contribution in [3.8, 4) is 17.0 Å². The molecule has 2 aromatic rings. The summed E-state index contributed by atoms with van der Waals surface area (Å²) < 4.78 is 21.3. The molecule has 0 unspecified atom stereocenters. The lowest BCUT2D eigenvalue weighted by molar-refractivity contribution is 0.0645. The van der Waals surface area contributed by atoms with E-state index < -0.39 is 5.82 Å². The Morgan fingerprint density at radius 2 is 2.09 bits per heavy atom. The number of hydrogen-bond acceptors (Lipinski definition) is 3. The SMILES string of the molecule is O=C(c1nn2c(c1-c1ccc(Cl)c(F)c1)OCCC2)N1CCC1. The van der Waals surface area contributed by atoms with Crippen LogP contribution in [-0.2, 0) is 6.54 Å². The summed E-state index contributed by atoms with van der Waals surface area (Å²) in [6.45, 7) is 2.71. The molecule has 1 saturated heterocycles. The number of carbonyl (C=O) groups excluding carboxylic acids is 1. The van der Waals surface area contributed by atoms with Gasteiger partial charge in [0, 0.05) is 26.1 Å². The van der Waals surface area contributed by atoms with Crippen LogP contribution in [0.25, 0.3) is 11.1 Å². The number of carbonyl (C=O) groups is 1. The smallest absolute Gasteiger partial charge is 0.275 e. The molecule has 7 heteroatoms. The molecule has 0 spiro atoms. The number of benzene rings is 1. The molecule has 3 heterocycles. The highest BCUT2D eigenvalue weighted by Crippen LogP contribution is 2.37. The number of halogens is 2. The van der Waals surface area contributed by atoms with Crippen molar-refractivity contribution >= 4 is 17.5 Å². The molecule has 0 aliphatic carbocycles. The van der Waals surface area contributed by atoms with Gasteiger partial charge in [0.15, 0.2) is 5.69 Å². The van der Waals surface area contributed by atoms with E-state index in [1.165, 1.54) is 12.1 Å². The molecule has 0 N–H and O–H groups in total. The van der Waals surface area contributed by atoms with Crippen LogP contribution in [0.3, 0.4) is 0 Å². The number of aromatic nitrogens is 2. The minimum Gasteiger partial charge on any atom is -0.477 e. The van der Waals surface area contributed by atoms with Crippen LogP contribution < -0.4 is 4.74 Å². The number of hydrogen-bond donors (Lipinski definition) is 0. The summed E-state index contributed by atoms with van der Waals surface area (Å²) in [4.78, 5) is 14.4. The lowest BCUT2D eigenvalue weighted by Crippen LogP contribution is -2.42. The predicted molar refractivity (Wildman–Crippen MR) is 83.3 cm³/mol. The van der Waals surface area contributed by atoms with Gasteiger partial charge < -0.3 is 9.64 Å². The van der Waals surface area contributed by atoms with E-state index in [-0.39, 0.29) is 10.9 Å². The molecule has 2 aliphatic heterocycles. The van der Waals surface area contributed by atoms with Gasteiger partial charge in [-0.05, 0) is 24.1 Å². The van der Waals surface area contributed by atoms with Gasteiger partial charge in [0.2, 0.25) is 5.88 Å². The number of nitrogens with zero attached hydrogens (tertiary/aromatic N) is 3. The second-order valence-corrected chi connectivity index (χ2v) is 6.14. The predicted octanol–water partition coefficient (Wildman–Crippen LogP) is 2.97. The highest BCUT2D eigenvalue weighted by Gasteiger charge is 2.32. The van der Waals surface area contributed by atoms with Gasteiger partial charge in [-0.1, -0.05) is 17.7 Å². The zero-order valence-corrected chi connectivity index (χ0v) is 13.1. The quantitative estimate of drug-likeness (QED) is 0.847.